The number of likely N-dealkylation sites (tertiary alicyclic amines) is 1. The number of rotatable bonds is 4. The molecule has 2 aromatic rings. The van der Waals surface area contributed by atoms with Crippen LogP contribution in [0.2, 0.25) is 0 Å². The van der Waals surface area contributed by atoms with Gasteiger partial charge in [-0.05, 0) is 29.2 Å². The summed E-state index contributed by atoms with van der Waals surface area (Å²) in [6.45, 7) is 1.57. The van der Waals surface area contributed by atoms with Crippen molar-refractivity contribution in [3.8, 4) is 0 Å². The first-order valence-corrected chi connectivity index (χ1v) is 7.75. The Hall–Kier alpha value is -2.36. The first kappa shape index (κ1) is 14.6. The monoisotopic (exact) mass is 296 g/mol. The highest BCUT2D eigenvalue weighted by Gasteiger charge is 2.21. The minimum Gasteiger partial charge on any atom is -0.328 e. The standard InChI is InChI=1S/C18H20N2O2/c21-13-16(19-18(22)20-10-3-4-11-20)12-15-8-5-7-14-6-1-2-9-17(14)15/h1-2,5-9,13,16H,3-4,10-12H2,(H,19,22). The largest absolute Gasteiger partial charge is 0.328 e. The molecule has 0 spiro atoms. The Morgan fingerprint density at radius 2 is 1.86 bits per heavy atom. The summed E-state index contributed by atoms with van der Waals surface area (Å²) in [7, 11) is 0. The van der Waals surface area contributed by atoms with Gasteiger partial charge in [0.2, 0.25) is 0 Å². The lowest BCUT2D eigenvalue weighted by Crippen LogP contribution is -2.45. The fraction of sp³-hybridized carbons (Fsp3) is 0.333. The molecule has 3 rings (SSSR count). The van der Waals surface area contributed by atoms with E-state index in [-0.39, 0.29) is 6.03 Å². The van der Waals surface area contributed by atoms with Crippen LogP contribution in [0.4, 0.5) is 4.79 Å². The number of nitrogens with one attached hydrogen (secondary N) is 1. The maximum atomic E-state index is 12.1. The van der Waals surface area contributed by atoms with Crippen LogP contribution in [0, 0.1) is 0 Å². The van der Waals surface area contributed by atoms with Crippen molar-refractivity contribution in [2.45, 2.75) is 25.3 Å². The number of aldehydes is 1. The highest BCUT2D eigenvalue weighted by Crippen LogP contribution is 2.19. The van der Waals surface area contributed by atoms with E-state index in [0.717, 1.165) is 48.6 Å². The van der Waals surface area contributed by atoms with Gasteiger partial charge in [-0.25, -0.2) is 4.79 Å². The fourth-order valence-electron chi connectivity index (χ4n) is 3.01. The SMILES string of the molecule is O=CC(Cc1cccc2ccccc12)NC(=O)N1CCCC1. The molecule has 0 aromatic heterocycles. The van der Waals surface area contributed by atoms with Crippen molar-refractivity contribution in [3.63, 3.8) is 0 Å². The topological polar surface area (TPSA) is 49.4 Å². The van der Waals surface area contributed by atoms with E-state index in [1.165, 1.54) is 0 Å². The van der Waals surface area contributed by atoms with Crippen molar-refractivity contribution in [3.05, 3.63) is 48.0 Å². The number of nitrogens with zero attached hydrogens (tertiary/aromatic N) is 1. The lowest BCUT2D eigenvalue weighted by Gasteiger charge is -2.20. The van der Waals surface area contributed by atoms with Crippen LogP contribution in [0.15, 0.2) is 42.5 Å². The Morgan fingerprint density at radius 3 is 2.64 bits per heavy atom. The number of hydrogen-bond donors (Lipinski definition) is 1. The molecule has 0 saturated carbocycles. The first-order chi connectivity index (χ1) is 10.8. The average Bonchev–Trinajstić information content (AvgIpc) is 3.09. The van der Waals surface area contributed by atoms with E-state index in [1.54, 1.807) is 4.90 Å². The van der Waals surface area contributed by atoms with Crippen molar-refractivity contribution in [2.75, 3.05) is 13.1 Å². The molecule has 4 nitrogen and oxygen atoms in total. The molecule has 1 N–H and O–H groups in total. The minimum absolute atomic E-state index is 0.130. The third-order valence-electron chi connectivity index (χ3n) is 4.19. The van der Waals surface area contributed by atoms with Crippen LogP contribution in [0.3, 0.4) is 0 Å². The van der Waals surface area contributed by atoms with Gasteiger partial charge >= 0.3 is 6.03 Å². The molecule has 1 aliphatic rings. The van der Waals surface area contributed by atoms with Crippen LogP contribution in [0.25, 0.3) is 10.8 Å². The fourth-order valence-corrected chi connectivity index (χ4v) is 3.01. The second-order valence-electron chi connectivity index (χ2n) is 5.73. The van der Waals surface area contributed by atoms with Crippen LogP contribution in [-0.4, -0.2) is 36.3 Å². The summed E-state index contributed by atoms with van der Waals surface area (Å²) < 4.78 is 0. The van der Waals surface area contributed by atoms with Gasteiger partial charge in [0.15, 0.2) is 0 Å². The zero-order chi connectivity index (χ0) is 15.4. The molecular weight excluding hydrogens is 276 g/mol. The van der Waals surface area contributed by atoms with Crippen LogP contribution < -0.4 is 5.32 Å². The summed E-state index contributed by atoms with van der Waals surface area (Å²) >= 11 is 0. The number of carbonyl (C=O) groups is 2. The lowest BCUT2D eigenvalue weighted by atomic mass is 9.99. The summed E-state index contributed by atoms with van der Waals surface area (Å²) in [6.07, 6.45) is 3.44. The maximum Gasteiger partial charge on any atom is 0.317 e. The lowest BCUT2D eigenvalue weighted by molar-refractivity contribution is -0.109. The van der Waals surface area contributed by atoms with Crippen molar-refractivity contribution in [1.29, 1.82) is 0 Å². The number of amides is 2. The highest BCUT2D eigenvalue weighted by atomic mass is 16.2. The number of hydrogen-bond acceptors (Lipinski definition) is 2. The normalized spacial score (nSPS) is 15.7. The molecule has 0 bridgehead atoms. The second kappa shape index (κ2) is 6.60. The molecule has 114 valence electrons. The summed E-state index contributed by atoms with van der Waals surface area (Å²) in [4.78, 5) is 25.3. The predicted molar refractivity (Wildman–Crippen MR) is 86.8 cm³/mol. The number of benzene rings is 2. The van der Waals surface area contributed by atoms with Crippen molar-refractivity contribution < 1.29 is 9.59 Å². The van der Waals surface area contributed by atoms with Crippen LogP contribution in [-0.2, 0) is 11.2 Å². The quantitative estimate of drug-likeness (QED) is 0.882. The molecule has 4 heteroatoms. The third kappa shape index (κ3) is 3.11. The molecular formula is C18H20N2O2. The third-order valence-corrected chi connectivity index (χ3v) is 4.19. The smallest absolute Gasteiger partial charge is 0.317 e. The van der Waals surface area contributed by atoms with Gasteiger partial charge in [-0.2, -0.15) is 0 Å². The Kier molecular flexibility index (Phi) is 4.37. The summed E-state index contributed by atoms with van der Waals surface area (Å²) in [5, 5.41) is 5.12. The van der Waals surface area contributed by atoms with Crippen LogP contribution >= 0.6 is 0 Å². The van der Waals surface area contributed by atoms with Crippen molar-refractivity contribution >= 4 is 23.1 Å². The van der Waals surface area contributed by atoms with Gasteiger partial charge in [-0.1, -0.05) is 42.5 Å². The summed E-state index contributed by atoms with van der Waals surface area (Å²) in [5.41, 5.74) is 1.08. The molecule has 0 radical (unpaired) electrons. The van der Waals surface area contributed by atoms with Crippen molar-refractivity contribution in [1.82, 2.24) is 10.2 Å². The average molecular weight is 296 g/mol. The van der Waals surface area contributed by atoms with Crippen molar-refractivity contribution in [2.24, 2.45) is 0 Å². The highest BCUT2D eigenvalue weighted by molar-refractivity contribution is 5.86. The molecule has 1 aliphatic heterocycles. The zero-order valence-electron chi connectivity index (χ0n) is 12.5. The molecule has 1 saturated heterocycles. The Morgan fingerprint density at radius 1 is 1.14 bits per heavy atom. The van der Waals surface area contributed by atoms with E-state index < -0.39 is 6.04 Å². The van der Waals surface area contributed by atoms with Crippen LogP contribution in [0.1, 0.15) is 18.4 Å². The molecule has 2 amide bonds. The van der Waals surface area contributed by atoms with E-state index in [4.69, 9.17) is 0 Å². The van der Waals surface area contributed by atoms with E-state index in [9.17, 15) is 9.59 Å². The van der Waals surface area contributed by atoms with E-state index >= 15 is 0 Å². The number of fused-ring (bicyclic) bond motifs is 1. The molecule has 2 aromatic carbocycles. The van der Waals surface area contributed by atoms with Gasteiger partial charge in [0.05, 0.1) is 6.04 Å². The molecule has 0 aliphatic carbocycles. The Balaban J connectivity index is 1.74. The van der Waals surface area contributed by atoms with Gasteiger partial charge in [-0.15, -0.1) is 0 Å². The van der Waals surface area contributed by atoms with E-state index in [0.29, 0.717) is 6.42 Å². The van der Waals surface area contributed by atoms with Gasteiger partial charge < -0.3 is 15.0 Å². The summed E-state index contributed by atoms with van der Waals surface area (Å²) in [5.74, 6) is 0. The predicted octanol–water partition coefficient (Wildman–Crippen LogP) is 2.76. The first-order valence-electron chi connectivity index (χ1n) is 7.75. The molecule has 1 fully saturated rings. The minimum atomic E-state index is -0.487. The van der Waals surface area contributed by atoms with Crippen LogP contribution in [0.5, 0.6) is 0 Å². The van der Waals surface area contributed by atoms with E-state index in [2.05, 4.69) is 23.5 Å². The summed E-state index contributed by atoms with van der Waals surface area (Å²) in [6, 6.07) is 13.5. The molecule has 22 heavy (non-hydrogen) atoms. The van der Waals surface area contributed by atoms with Gasteiger partial charge in [0.25, 0.3) is 0 Å². The number of urea groups is 1. The molecule has 1 atom stereocenters. The van der Waals surface area contributed by atoms with Gasteiger partial charge in [0, 0.05) is 19.5 Å². The van der Waals surface area contributed by atoms with Gasteiger partial charge in [-0.3, -0.25) is 0 Å². The number of carbonyl (C=O) groups excluding carboxylic acids is 2. The molecule has 1 unspecified atom stereocenters. The Labute approximate surface area is 130 Å². The Bertz CT molecular complexity index is 672. The maximum absolute atomic E-state index is 12.1. The zero-order valence-corrected chi connectivity index (χ0v) is 12.5. The second-order valence-corrected chi connectivity index (χ2v) is 5.73. The molecule has 1 heterocycles. The van der Waals surface area contributed by atoms with E-state index in [1.807, 2.05) is 24.3 Å². The van der Waals surface area contributed by atoms with Gasteiger partial charge in [0.1, 0.15) is 6.29 Å².